The summed E-state index contributed by atoms with van der Waals surface area (Å²) in [5, 5.41) is 0. The molecule has 0 saturated carbocycles. The molecule has 0 bridgehead atoms. The van der Waals surface area contributed by atoms with Gasteiger partial charge in [-0.15, -0.1) is 0 Å². The predicted molar refractivity (Wildman–Crippen MR) is 77.9 cm³/mol. The van der Waals surface area contributed by atoms with E-state index < -0.39 is 11.6 Å². The Hall–Kier alpha value is -1.98. The molecule has 0 radical (unpaired) electrons. The highest BCUT2D eigenvalue weighted by molar-refractivity contribution is 5.28. The van der Waals surface area contributed by atoms with Crippen LogP contribution in [0.3, 0.4) is 0 Å². The van der Waals surface area contributed by atoms with Crippen molar-refractivity contribution in [2.75, 3.05) is 7.11 Å². The Bertz CT molecular complexity index is 587. The summed E-state index contributed by atoms with van der Waals surface area (Å²) in [6.07, 6.45) is 1.19. The van der Waals surface area contributed by atoms with Crippen molar-refractivity contribution in [1.29, 1.82) is 0 Å². The SMILES string of the molecule is COc1ccc(CC(Cc2ccc(F)c(F)c2)NN)cc1. The number of nitrogens with two attached hydrogens (primary N) is 1. The summed E-state index contributed by atoms with van der Waals surface area (Å²) >= 11 is 0. The molecule has 0 amide bonds. The molecule has 0 heterocycles. The Balaban J connectivity index is 2.03. The van der Waals surface area contributed by atoms with Crippen molar-refractivity contribution in [1.82, 2.24) is 5.43 Å². The van der Waals surface area contributed by atoms with Gasteiger partial charge in [-0.3, -0.25) is 11.3 Å². The van der Waals surface area contributed by atoms with Crippen LogP contribution in [0.15, 0.2) is 42.5 Å². The molecule has 3 N–H and O–H groups in total. The van der Waals surface area contributed by atoms with Crippen molar-refractivity contribution >= 4 is 0 Å². The van der Waals surface area contributed by atoms with Crippen LogP contribution in [-0.4, -0.2) is 13.2 Å². The van der Waals surface area contributed by atoms with Crippen molar-refractivity contribution in [3.63, 3.8) is 0 Å². The molecular weight excluding hydrogens is 274 g/mol. The van der Waals surface area contributed by atoms with Crippen molar-refractivity contribution in [2.45, 2.75) is 18.9 Å². The number of methoxy groups -OCH3 is 1. The number of halogens is 2. The molecule has 2 rings (SSSR count). The van der Waals surface area contributed by atoms with Crippen LogP contribution in [-0.2, 0) is 12.8 Å². The van der Waals surface area contributed by atoms with E-state index in [-0.39, 0.29) is 6.04 Å². The van der Waals surface area contributed by atoms with E-state index >= 15 is 0 Å². The molecular formula is C16H18F2N2O. The molecule has 1 unspecified atom stereocenters. The average Bonchev–Trinajstić information content (AvgIpc) is 2.51. The van der Waals surface area contributed by atoms with Gasteiger partial charge in [0.15, 0.2) is 11.6 Å². The van der Waals surface area contributed by atoms with E-state index in [1.54, 1.807) is 13.2 Å². The predicted octanol–water partition coefficient (Wildman–Crippen LogP) is 2.59. The zero-order chi connectivity index (χ0) is 15.2. The normalized spacial score (nSPS) is 12.2. The van der Waals surface area contributed by atoms with E-state index in [0.717, 1.165) is 17.4 Å². The van der Waals surface area contributed by atoms with Gasteiger partial charge >= 0.3 is 0 Å². The third-order valence-electron chi connectivity index (χ3n) is 3.34. The number of hydrazine groups is 1. The molecule has 0 aliphatic heterocycles. The van der Waals surface area contributed by atoms with Gasteiger partial charge in [-0.25, -0.2) is 8.78 Å². The van der Waals surface area contributed by atoms with Gasteiger partial charge in [0.05, 0.1) is 7.11 Å². The molecule has 1 atom stereocenters. The van der Waals surface area contributed by atoms with E-state index in [1.807, 2.05) is 24.3 Å². The Morgan fingerprint density at radius 2 is 1.62 bits per heavy atom. The molecule has 2 aromatic rings. The van der Waals surface area contributed by atoms with Crippen LogP contribution >= 0.6 is 0 Å². The molecule has 3 nitrogen and oxygen atoms in total. The van der Waals surface area contributed by atoms with Gasteiger partial charge in [0, 0.05) is 6.04 Å². The molecule has 0 fully saturated rings. The molecule has 0 aliphatic carbocycles. The fourth-order valence-corrected chi connectivity index (χ4v) is 2.19. The van der Waals surface area contributed by atoms with E-state index in [2.05, 4.69) is 5.43 Å². The quantitative estimate of drug-likeness (QED) is 0.635. The van der Waals surface area contributed by atoms with Gasteiger partial charge in [0.1, 0.15) is 5.75 Å². The van der Waals surface area contributed by atoms with Crippen molar-refractivity contribution in [3.8, 4) is 5.75 Å². The summed E-state index contributed by atoms with van der Waals surface area (Å²) in [4.78, 5) is 0. The molecule has 0 aliphatic rings. The highest BCUT2D eigenvalue weighted by Gasteiger charge is 2.11. The third kappa shape index (κ3) is 4.24. The summed E-state index contributed by atoms with van der Waals surface area (Å²) in [6, 6.07) is 11.5. The zero-order valence-electron chi connectivity index (χ0n) is 11.8. The lowest BCUT2D eigenvalue weighted by molar-refractivity contribution is 0.414. The van der Waals surface area contributed by atoms with Crippen molar-refractivity contribution in [3.05, 3.63) is 65.2 Å². The molecule has 21 heavy (non-hydrogen) atoms. The highest BCUT2D eigenvalue weighted by atomic mass is 19.2. The van der Waals surface area contributed by atoms with E-state index in [4.69, 9.17) is 10.6 Å². The second kappa shape index (κ2) is 7.15. The number of rotatable bonds is 6. The zero-order valence-corrected chi connectivity index (χ0v) is 11.8. The fourth-order valence-electron chi connectivity index (χ4n) is 2.19. The lowest BCUT2D eigenvalue weighted by Crippen LogP contribution is -2.38. The Morgan fingerprint density at radius 3 is 2.19 bits per heavy atom. The standard InChI is InChI=1S/C16H18F2N2O/c1-21-14-5-2-11(3-6-14)8-13(20-19)9-12-4-7-15(17)16(18)10-12/h2-7,10,13,20H,8-9,19H2,1H3. The molecule has 0 aromatic heterocycles. The fraction of sp³-hybridized carbons (Fsp3) is 0.250. The minimum absolute atomic E-state index is 0.0664. The number of hydrogen-bond donors (Lipinski definition) is 2. The smallest absolute Gasteiger partial charge is 0.159 e. The minimum atomic E-state index is -0.842. The Labute approximate surface area is 122 Å². The Morgan fingerprint density at radius 1 is 1.00 bits per heavy atom. The summed E-state index contributed by atoms with van der Waals surface area (Å²) in [5.74, 6) is 4.66. The first kappa shape index (κ1) is 15.4. The maximum atomic E-state index is 13.2. The lowest BCUT2D eigenvalue weighted by atomic mass is 9.99. The van der Waals surface area contributed by atoms with E-state index in [9.17, 15) is 8.78 Å². The minimum Gasteiger partial charge on any atom is -0.497 e. The number of nitrogens with one attached hydrogen (secondary N) is 1. The first-order valence-corrected chi connectivity index (χ1v) is 6.65. The van der Waals surface area contributed by atoms with Crippen LogP contribution < -0.4 is 16.0 Å². The first-order valence-electron chi connectivity index (χ1n) is 6.65. The maximum absolute atomic E-state index is 13.2. The summed E-state index contributed by atoms with van der Waals surface area (Å²) in [5.41, 5.74) is 4.50. The van der Waals surface area contributed by atoms with E-state index in [0.29, 0.717) is 18.4 Å². The van der Waals surface area contributed by atoms with Gasteiger partial charge in [-0.2, -0.15) is 0 Å². The maximum Gasteiger partial charge on any atom is 0.159 e. The van der Waals surface area contributed by atoms with Gasteiger partial charge < -0.3 is 4.74 Å². The van der Waals surface area contributed by atoms with Crippen LogP contribution in [0.1, 0.15) is 11.1 Å². The van der Waals surface area contributed by atoms with Gasteiger partial charge in [0.25, 0.3) is 0 Å². The molecule has 2 aromatic carbocycles. The molecule has 5 heteroatoms. The second-order valence-corrected chi connectivity index (χ2v) is 4.87. The van der Waals surface area contributed by atoms with Gasteiger partial charge in [-0.05, 0) is 48.2 Å². The molecule has 0 saturated heterocycles. The monoisotopic (exact) mass is 292 g/mol. The Kier molecular flexibility index (Phi) is 5.25. The number of hydrogen-bond acceptors (Lipinski definition) is 3. The number of ether oxygens (including phenoxy) is 1. The molecule has 0 spiro atoms. The van der Waals surface area contributed by atoms with Crippen LogP contribution in [0, 0.1) is 11.6 Å². The summed E-state index contributed by atoms with van der Waals surface area (Å²) in [6.45, 7) is 0. The summed E-state index contributed by atoms with van der Waals surface area (Å²) < 4.78 is 31.2. The summed E-state index contributed by atoms with van der Waals surface area (Å²) in [7, 11) is 1.61. The highest BCUT2D eigenvalue weighted by Crippen LogP contribution is 2.15. The van der Waals surface area contributed by atoms with Crippen molar-refractivity contribution in [2.24, 2.45) is 5.84 Å². The third-order valence-corrected chi connectivity index (χ3v) is 3.34. The van der Waals surface area contributed by atoms with Crippen LogP contribution in [0.4, 0.5) is 8.78 Å². The van der Waals surface area contributed by atoms with Gasteiger partial charge in [0.2, 0.25) is 0 Å². The van der Waals surface area contributed by atoms with Crippen molar-refractivity contribution < 1.29 is 13.5 Å². The second-order valence-electron chi connectivity index (χ2n) is 4.87. The van der Waals surface area contributed by atoms with Gasteiger partial charge in [-0.1, -0.05) is 18.2 Å². The largest absolute Gasteiger partial charge is 0.497 e. The topological polar surface area (TPSA) is 47.3 Å². The van der Waals surface area contributed by atoms with Crippen LogP contribution in [0.25, 0.3) is 0 Å². The first-order chi connectivity index (χ1) is 10.1. The van der Waals surface area contributed by atoms with Crippen LogP contribution in [0.2, 0.25) is 0 Å². The molecule has 112 valence electrons. The number of benzene rings is 2. The van der Waals surface area contributed by atoms with E-state index in [1.165, 1.54) is 6.07 Å². The van der Waals surface area contributed by atoms with Crippen LogP contribution in [0.5, 0.6) is 5.75 Å². The lowest BCUT2D eigenvalue weighted by Gasteiger charge is -2.16. The average molecular weight is 292 g/mol.